The summed E-state index contributed by atoms with van der Waals surface area (Å²) < 4.78 is 3.93. The molecule has 2 heterocycles. The highest BCUT2D eigenvalue weighted by Gasteiger charge is 2.13. The van der Waals surface area contributed by atoms with Crippen molar-refractivity contribution < 1.29 is 0 Å². The Morgan fingerprint density at radius 3 is 2.85 bits per heavy atom. The van der Waals surface area contributed by atoms with Crippen LogP contribution in [-0.2, 0) is 26.1 Å². The van der Waals surface area contributed by atoms with Gasteiger partial charge in [0.2, 0.25) is 0 Å². The van der Waals surface area contributed by atoms with E-state index in [1.165, 1.54) is 0 Å². The summed E-state index contributed by atoms with van der Waals surface area (Å²) in [5.74, 6) is 0. The van der Waals surface area contributed by atoms with Crippen molar-refractivity contribution in [1.82, 2.24) is 24.9 Å². The van der Waals surface area contributed by atoms with Gasteiger partial charge in [0.05, 0.1) is 16.4 Å². The number of nitrogens with one attached hydrogen (secondary N) is 1. The van der Waals surface area contributed by atoms with E-state index in [1.807, 2.05) is 21.6 Å². The summed E-state index contributed by atoms with van der Waals surface area (Å²) in [4.78, 5) is 0. The van der Waals surface area contributed by atoms with Gasteiger partial charge in [0, 0.05) is 32.0 Å². The zero-order valence-corrected chi connectivity index (χ0v) is 12.9. The van der Waals surface area contributed by atoms with E-state index in [0.29, 0.717) is 0 Å². The molecule has 0 saturated heterocycles. The monoisotopic (exact) mass is 295 g/mol. The van der Waals surface area contributed by atoms with Gasteiger partial charge in [0.25, 0.3) is 0 Å². The van der Waals surface area contributed by atoms with Crippen molar-refractivity contribution >= 4 is 11.6 Å². The normalized spacial score (nSPS) is 11.2. The molecular formula is C14H22ClN5. The van der Waals surface area contributed by atoms with Gasteiger partial charge in [-0.1, -0.05) is 18.5 Å². The fourth-order valence-corrected chi connectivity index (χ4v) is 2.53. The average Bonchev–Trinajstić information content (AvgIpc) is 3.07. The number of nitrogens with zero attached hydrogens (tertiary/aromatic N) is 4. The maximum Gasteiger partial charge on any atom is 0.0863 e. The van der Waals surface area contributed by atoms with Crippen LogP contribution in [0.1, 0.15) is 31.7 Å². The van der Waals surface area contributed by atoms with Crippen LogP contribution in [0.15, 0.2) is 18.5 Å². The van der Waals surface area contributed by atoms with E-state index >= 15 is 0 Å². The minimum atomic E-state index is 0.763. The molecule has 110 valence electrons. The largest absolute Gasteiger partial charge is 0.311 e. The Morgan fingerprint density at radius 2 is 2.20 bits per heavy atom. The molecule has 6 heteroatoms. The van der Waals surface area contributed by atoms with Gasteiger partial charge in [-0.05, 0) is 32.4 Å². The van der Waals surface area contributed by atoms with Crippen LogP contribution in [0.25, 0.3) is 0 Å². The lowest BCUT2D eigenvalue weighted by Crippen LogP contribution is -2.19. The molecule has 0 saturated carbocycles. The van der Waals surface area contributed by atoms with E-state index in [4.69, 9.17) is 11.6 Å². The molecule has 20 heavy (non-hydrogen) atoms. The Balaban J connectivity index is 1.80. The molecule has 2 aromatic heterocycles. The Hall–Kier alpha value is -1.33. The molecule has 2 aromatic rings. The zero-order chi connectivity index (χ0) is 14.4. The van der Waals surface area contributed by atoms with Crippen molar-refractivity contribution in [3.63, 3.8) is 0 Å². The number of halogens is 1. The minimum Gasteiger partial charge on any atom is -0.311 e. The Kier molecular flexibility index (Phi) is 5.61. The minimum absolute atomic E-state index is 0.763. The number of aromatic nitrogens is 4. The maximum atomic E-state index is 6.36. The highest BCUT2D eigenvalue weighted by atomic mass is 35.5. The molecule has 0 amide bonds. The van der Waals surface area contributed by atoms with Crippen LogP contribution in [0.4, 0.5) is 0 Å². The number of aryl methyl sites for hydroxylation is 3. The molecular weight excluding hydrogens is 274 g/mol. The third-order valence-corrected chi connectivity index (χ3v) is 3.72. The standard InChI is InChI=1S/C14H22ClN5/c1-3-12-14(15)13(20(4-2)18-12)11-16-7-5-9-19-10-6-8-17-19/h6,8,10,16H,3-5,7,9,11H2,1-2H3. The highest BCUT2D eigenvalue weighted by molar-refractivity contribution is 6.31. The fraction of sp³-hybridized carbons (Fsp3) is 0.571. The van der Waals surface area contributed by atoms with Gasteiger partial charge < -0.3 is 5.32 Å². The number of rotatable bonds is 8. The molecule has 2 rings (SSSR count). The first-order chi connectivity index (χ1) is 9.76. The first-order valence-electron chi connectivity index (χ1n) is 7.18. The summed E-state index contributed by atoms with van der Waals surface area (Å²) in [6.45, 7) is 7.65. The SMILES string of the molecule is CCc1nn(CC)c(CNCCCn2cccn2)c1Cl. The van der Waals surface area contributed by atoms with Gasteiger partial charge in [-0.15, -0.1) is 0 Å². The molecule has 0 aliphatic heterocycles. The third kappa shape index (κ3) is 3.61. The summed E-state index contributed by atoms with van der Waals surface area (Å²) in [7, 11) is 0. The summed E-state index contributed by atoms with van der Waals surface area (Å²) in [6.07, 6.45) is 5.70. The Labute approximate surface area is 124 Å². The molecule has 0 radical (unpaired) electrons. The van der Waals surface area contributed by atoms with E-state index in [1.54, 1.807) is 6.20 Å². The summed E-state index contributed by atoms with van der Waals surface area (Å²) in [6, 6.07) is 1.94. The van der Waals surface area contributed by atoms with Gasteiger partial charge in [-0.3, -0.25) is 9.36 Å². The van der Waals surface area contributed by atoms with Gasteiger partial charge in [-0.2, -0.15) is 10.2 Å². The molecule has 0 unspecified atom stereocenters. The quantitative estimate of drug-likeness (QED) is 0.761. The van der Waals surface area contributed by atoms with E-state index < -0.39 is 0 Å². The average molecular weight is 296 g/mol. The van der Waals surface area contributed by atoms with Crippen molar-refractivity contribution in [3.8, 4) is 0 Å². The van der Waals surface area contributed by atoms with Crippen LogP contribution >= 0.6 is 11.6 Å². The Morgan fingerprint density at radius 1 is 1.35 bits per heavy atom. The van der Waals surface area contributed by atoms with Crippen LogP contribution in [0, 0.1) is 0 Å². The van der Waals surface area contributed by atoms with Crippen molar-refractivity contribution in [1.29, 1.82) is 0 Å². The molecule has 0 aliphatic rings. The first kappa shape index (κ1) is 15.1. The molecule has 0 aliphatic carbocycles. The van der Waals surface area contributed by atoms with Crippen LogP contribution < -0.4 is 5.32 Å². The van der Waals surface area contributed by atoms with Gasteiger partial charge in [-0.25, -0.2) is 0 Å². The Bertz CT molecular complexity index is 518. The van der Waals surface area contributed by atoms with Crippen LogP contribution in [0.5, 0.6) is 0 Å². The molecule has 0 atom stereocenters. The van der Waals surface area contributed by atoms with Gasteiger partial charge in [0.15, 0.2) is 0 Å². The van der Waals surface area contributed by atoms with E-state index in [9.17, 15) is 0 Å². The van der Waals surface area contributed by atoms with Gasteiger partial charge in [0.1, 0.15) is 0 Å². The number of hydrogen-bond donors (Lipinski definition) is 1. The molecule has 0 spiro atoms. The summed E-state index contributed by atoms with van der Waals surface area (Å²) in [5, 5.41) is 12.9. The maximum absolute atomic E-state index is 6.36. The second kappa shape index (κ2) is 7.45. The molecule has 1 N–H and O–H groups in total. The van der Waals surface area contributed by atoms with Gasteiger partial charge >= 0.3 is 0 Å². The lowest BCUT2D eigenvalue weighted by molar-refractivity contribution is 0.527. The topological polar surface area (TPSA) is 47.7 Å². The zero-order valence-electron chi connectivity index (χ0n) is 12.1. The van der Waals surface area contributed by atoms with Crippen LogP contribution in [0.2, 0.25) is 5.02 Å². The smallest absolute Gasteiger partial charge is 0.0863 e. The number of hydrogen-bond acceptors (Lipinski definition) is 3. The van der Waals surface area contributed by atoms with Crippen molar-refractivity contribution in [2.45, 2.75) is 46.3 Å². The third-order valence-electron chi connectivity index (χ3n) is 3.29. The van der Waals surface area contributed by atoms with Crippen molar-refractivity contribution in [2.75, 3.05) is 6.54 Å². The predicted octanol–water partition coefficient (Wildman–Crippen LogP) is 2.50. The lowest BCUT2D eigenvalue weighted by Gasteiger charge is -2.07. The lowest BCUT2D eigenvalue weighted by atomic mass is 10.3. The predicted molar refractivity (Wildman–Crippen MR) is 80.8 cm³/mol. The van der Waals surface area contributed by atoms with E-state index in [0.717, 1.165) is 55.4 Å². The summed E-state index contributed by atoms with van der Waals surface area (Å²) in [5.41, 5.74) is 2.08. The molecule has 0 aromatic carbocycles. The fourth-order valence-electron chi connectivity index (χ4n) is 2.19. The molecule has 0 bridgehead atoms. The second-order valence-electron chi connectivity index (χ2n) is 4.68. The second-order valence-corrected chi connectivity index (χ2v) is 5.05. The van der Waals surface area contributed by atoms with Crippen LogP contribution in [-0.4, -0.2) is 26.1 Å². The van der Waals surface area contributed by atoms with Crippen LogP contribution in [0.3, 0.4) is 0 Å². The van der Waals surface area contributed by atoms with E-state index in [-0.39, 0.29) is 0 Å². The van der Waals surface area contributed by atoms with Crippen molar-refractivity contribution in [2.24, 2.45) is 0 Å². The van der Waals surface area contributed by atoms with E-state index in [2.05, 4.69) is 29.4 Å². The van der Waals surface area contributed by atoms with Crippen molar-refractivity contribution in [3.05, 3.63) is 34.9 Å². The summed E-state index contributed by atoms with van der Waals surface area (Å²) >= 11 is 6.36. The molecule has 5 nitrogen and oxygen atoms in total. The first-order valence-corrected chi connectivity index (χ1v) is 7.56. The molecule has 0 fully saturated rings. The highest BCUT2D eigenvalue weighted by Crippen LogP contribution is 2.21.